The van der Waals surface area contributed by atoms with Crippen LogP contribution in [-0.2, 0) is 6.54 Å². The summed E-state index contributed by atoms with van der Waals surface area (Å²) in [6.07, 6.45) is 6.50. The number of benzene rings is 2. The Bertz CT molecular complexity index is 895. The van der Waals surface area contributed by atoms with Crippen LogP contribution in [-0.4, -0.2) is 66.4 Å². The van der Waals surface area contributed by atoms with Gasteiger partial charge in [-0.25, -0.2) is 0 Å². The highest BCUT2D eigenvalue weighted by atomic mass is 16.5. The number of nitrogens with zero attached hydrogens (tertiary/aromatic N) is 2. The summed E-state index contributed by atoms with van der Waals surface area (Å²) in [5.74, 6) is 1.83. The predicted octanol–water partition coefficient (Wildman–Crippen LogP) is 4.96. The van der Waals surface area contributed by atoms with E-state index in [2.05, 4.69) is 60.0 Å². The lowest BCUT2D eigenvalue weighted by atomic mass is 9.96. The first-order valence-corrected chi connectivity index (χ1v) is 13.1. The molecule has 0 saturated carbocycles. The molecule has 2 aliphatic heterocycles. The van der Waals surface area contributed by atoms with Crippen LogP contribution in [0.3, 0.4) is 0 Å². The molecule has 2 heterocycles. The molecule has 5 nitrogen and oxygen atoms in total. The van der Waals surface area contributed by atoms with Crippen molar-refractivity contribution in [2.24, 2.45) is 0 Å². The van der Waals surface area contributed by atoms with Gasteiger partial charge in [-0.2, -0.15) is 0 Å². The molecule has 1 N–H and O–H groups in total. The topological polar surface area (TPSA) is 45.2 Å². The Hall–Kier alpha value is -2.08. The maximum Gasteiger partial charge on any atom is 0.122 e. The van der Waals surface area contributed by atoms with Crippen LogP contribution >= 0.6 is 0 Å². The van der Waals surface area contributed by atoms with Gasteiger partial charge >= 0.3 is 0 Å². The Labute approximate surface area is 205 Å². The third-order valence-electron chi connectivity index (χ3n) is 7.29. The molecule has 1 atom stereocenters. The first-order chi connectivity index (χ1) is 16.5. The molecule has 4 rings (SSSR count). The zero-order valence-corrected chi connectivity index (χ0v) is 21.1. The SMILES string of the molecule is Cc1ccc(OC[C@]2(O)CCCN(Cc3ccc(OCCN4CCCCC4)cc3)CC2)c(C)c1. The average molecular weight is 467 g/mol. The van der Waals surface area contributed by atoms with E-state index in [1.165, 1.54) is 43.5 Å². The Morgan fingerprint density at radius 2 is 1.59 bits per heavy atom. The summed E-state index contributed by atoms with van der Waals surface area (Å²) >= 11 is 0. The van der Waals surface area contributed by atoms with E-state index in [1.54, 1.807) is 0 Å². The van der Waals surface area contributed by atoms with Gasteiger partial charge in [-0.15, -0.1) is 0 Å². The molecule has 0 radical (unpaired) electrons. The standard InChI is InChI=1S/C29H42N2O3/c1-24-7-12-28(25(2)21-24)34-23-29(32)13-6-17-31(18-14-29)22-26-8-10-27(11-9-26)33-20-19-30-15-4-3-5-16-30/h7-12,21,32H,3-6,13-20,22-23H2,1-2H3/t29-/m0/s1. The van der Waals surface area contributed by atoms with Crippen LogP contribution in [0.15, 0.2) is 42.5 Å². The number of piperidine rings is 1. The van der Waals surface area contributed by atoms with Crippen molar-refractivity contribution in [3.63, 3.8) is 0 Å². The lowest BCUT2D eigenvalue weighted by Gasteiger charge is -2.27. The largest absolute Gasteiger partial charge is 0.492 e. The van der Waals surface area contributed by atoms with Gasteiger partial charge in [-0.05, 0) is 94.9 Å². The molecule has 2 fully saturated rings. The second-order valence-electron chi connectivity index (χ2n) is 10.3. The maximum atomic E-state index is 11.2. The minimum atomic E-state index is -0.766. The third-order valence-corrected chi connectivity index (χ3v) is 7.29. The summed E-state index contributed by atoms with van der Waals surface area (Å²) in [4.78, 5) is 4.95. The van der Waals surface area contributed by atoms with Crippen molar-refractivity contribution in [2.75, 3.05) is 45.9 Å². The van der Waals surface area contributed by atoms with Crippen LogP contribution in [0.5, 0.6) is 11.5 Å². The van der Waals surface area contributed by atoms with Gasteiger partial charge in [0.25, 0.3) is 0 Å². The molecule has 0 aliphatic carbocycles. The fourth-order valence-electron chi connectivity index (χ4n) is 5.14. The number of ether oxygens (including phenoxy) is 2. The third kappa shape index (κ3) is 7.46. The average Bonchev–Trinajstić information content (AvgIpc) is 3.02. The summed E-state index contributed by atoms with van der Waals surface area (Å²) in [5, 5.41) is 11.2. The molecule has 0 aromatic heterocycles. The maximum absolute atomic E-state index is 11.2. The van der Waals surface area contributed by atoms with E-state index in [0.29, 0.717) is 6.61 Å². The smallest absolute Gasteiger partial charge is 0.122 e. The zero-order valence-electron chi connectivity index (χ0n) is 21.1. The van der Waals surface area contributed by atoms with Crippen LogP contribution in [0, 0.1) is 13.8 Å². The van der Waals surface area contributed by atoms with E-state index in [0.717, 1.165) is 69.1 Å². The van der Waals surface area contributed by atoms with Crippen LogP contribution in [0.25, 0.3) is 0 Å². The highest BCUT2D eigenvalue weighted by molar-refractivity contribution is 5.35. The minimum absolute atomic E-state index is 0.355. The highest BCUT2D eigenvalue weighted by Crippen LogP contribution is 2.27. The first-order valence-electron chi connectivity index (χ1n) is 13.1. The van der Waals surface area contributed by atoms with Crippen molar-refractivity contribution in [3.05, 3.63) is 59.2 Å². The molecule has 0 unspecified atom stereocenters. The number of rotatable bonds is 9. The number of aryl methyl sites for hydroxylation is 2. The van der Waals surface area contributed by atoms with Gasteiger partial charge in [-0.1, -0.05) is 36.2 Å². The van der Waals surface area contributed by atoms with Crippen molar-refractivity contribution in [3.8, 4) is 11.5 Å². The fraction of sp³-hybridized carbons (Fsp3) is 0.586. The Balaban J connectivity index is 1.20. The molecule has 186 valence electrons. The lowest BCUT2D eigenvalue weighted by Crippen LogP contribution is -2.37. The fourth-order valence-corrected chi connectivity index (χ4v) is 5.14. The van der Waals surface area contributed by atoms with E-state index in [1.807, 2.05) is 6.07 Å². The molecule has 2 aromatic carbocycles. The van der Waals surface area contributed by atoms with Gasteiger partial charge in [0.2, 0.25) is 0 Å². The molecular formula is C29H42N2O3. The molecular weight excluding hydrogens is 424 g/mol. The summed E-state index contributed by atoms with van der Waals surface area (Å²) in [7, 11) is 0. The second-order valence-corrected chi connectivity index (χ2v) is 10.3. The molecule has 0 amide bonds. The first kappa shape index (κ1) is 25.0. The summed E-state index contributed by atoms with van der Waals surface area (Å²) < 4.78 is 12.0. The van der Waals surface area contributed by atoms with Gasteiger partial charge in [0.1, 0.15) is 24.7 Å². The molecule has 0 spiro atoms. The predicted molar refractivity (Wildman–Crippen MR) is 138 cm³/mol. The van der Waals surface area contributed by atoms with Crippen LogP contribution in [0.1, 0.15) is 55.2 Å². The monoisotopic (exact) mass is 466 g/mol. The number of hydrogen-bond acceptors (Lipinski definition) is 5. The molecule has 2 aliphatic rings. The normalized spacial score (nSPS) is 22.3. The van der Waals surface area contributed by atoms with Crippen LogP contribution in [0.2, 0.25) is 0 Å². The Morgan fingerprint density at radius 1 is 0.824 bits per heavy atom. The number of likely N-dealkylation sites (tertiary alicyclic amines) is 2. The number of aliphatic hydroxyl groups is 1. The van der Waals surface area contributed by atoms with Gasteiger partial charge in [0.05, 0.1) is 5.60 Å². The molecule has 5 heteroatoms. The van der Waals surface area contributed by atoms with Gasteiger partial charge < -0.3 is 14.6 Å². The van der Waals surface area contributed by atoms with E-state index < -0.39 is 5.60 Å². The summed E-state index contributed by atoms with van der Waals surface area (Å²) in [6, 6.07) is 14.7. The summed E-state index contributed by atoms with van der Waals surface area (Å²) in [5.41, 5.74) is 2.88. The minimum Gasteiger partial charge on any atom is -0.492 e. The summed E-state index contributed by atoms with van der Waals surface area (Å²) in [6.45, 7) is 11.5. The molecule has 0 bridgehead atoms. The van der Waals surface area contributed by atoms with Crippen molar-refractivity contribution in [1.82, 2.24) is 9.80 Å². The molecule has 2 aromatic rings. The quantitative estimate of drug-likeness (QED) is 0.566. The highest BCUT2D eigenvalue weighted by Gasteiger charge is 2.31. The van der Waals surface area contributed by atoms with Crippen LogP contribution < -0.4 is 9.47 Å². The van der Waals surface area contributed by atoms with E-state index in [4.69, 9.17) is 9.47 Å². The van der Waals surface area contributed by atoms with Crippen molar-refractivity contribution >= 4 is 0 Å². The Morgan fingerprint density at radius 3 is 2.35 bits per heavy atom. The molecule has 2 saturated heterocycles. The second kappa shape index (κ2) is 12.1. The molecule has 34 heavy (non-hydrogen) atoms. The van der Waals surface area contributed by atoms with Crippen molar-refractivity contribution < 1.29 is 14.6 Å². The van der Waals surface area contributed by atoms with E-state index in [-0.39, 0.29) is 0 Å². The van der Waals surface area contributed by atoms with Gasteiger partial charge in [-0.3, -0.25) is 9.80 Å². The van der Waals surface area contributed by atoms with Crippen molar-refractivity contribution in [1.29, 1.82) is 0 Å². The Kier molecular flexibility index (Phi) is 8.87. The number of hydrogen-bond donors (Lipinski definition) is 1. The van der Waals surface area contributed by atoms with Gasteiger partial charge in [0, 0.05) is 19.6 Å². The van der Waals surface area contributed by atoms with Crippen LogP contribution in [0.4, 0.5) is 0 Å². The van der Waals surface area contributed by atoms with Crippen molar-refractivity contribution in [2.45, 2.75) is 64.5 Å². The zero-order chi connectivity index (χ0) is 23.8. The lowest BCUT2D eigenvalue weighted by molar-refractivity contribution is -0.0170. The van der Waals surface area contributed by atoms with E-state index in [9.17, 15) is 5.11 Å². The van der Waals surface area contributed by atoms with E-state index >= 15 is 0 Å². The van der Waals surface area contributed by atoms with Gasteiger partial charge in [0.15, 0.2) is 0 Å².